The van der Waals surface area contributed by atoms with Crippen LogP contribution in [0.25, 0.3) is 16.9 Å². The minimum Gasteiger partial charge on any atom is -0.480 e. The number of carbonyl (C=O) groups excluding carboxylic acids is 2. The number of nitrogens with zero attached hydrogens (tertiary/aromatic N) is 4. The molecule has 0 spiro atoms. The van der Waals surface area contributed by atoms with Crippen LogP contribution >= 0.6 is 0 Å². The van der Waals surface area contributed by atoms with Gasteiger partial charge >= 0.3 is 6.03 Å². The van der Waals surface area contributed by atoms with Gasteiger partial charge in [-0.15, -0.1) is 0 Å². The van der Waals surface area contributed by atoms with Crippen LogP contribution in [0.3, 0.4) is 0 Å². The second-order valence-corrected chi connectivity index (χ2v) is 8.61. The molecule has 1 aliphatic rings. The number of primary amides is 1. The van der Waals surface area contributed by atoms with Gasteiger partial charge in [0.2, 0.25) is 5.88 Å². The highest BCUT2D eigenvalue weighted by molar-refractivity contribution is 5.96. The predicted octanol–water partition coefficient (Wildman–Crippen LogP) is 2.12. The number of hydrogen-bond donors (Lipinski definition) is 3. The number of methoxy groups -OCH3 is 2. The lowest BCUT2D eigenvalue weighted by atomic mass is 10.1. The Hall–Kier alpha value is -4.00. The number of nitrogens with two attached hydrogens (primary N) is 1. The van der Waals surface area contributed by atoms with Gasteiger partial charge in [0.15, 0.2) is 0 Å². The molecule has 3 amide bonds. The zero-order chi connectivity index (χ0) is 26.5. The normalized spacial score (nSPS) is 17.5. The first kappa shape index (κ1) is 26.1. The largest absolute Gasteiger partial charge is 0.480 e. The maximum Gasteiger partial charge on any atom is 0.320 e. The third-order valence-corrected chi connectivity index (χ3v) is 6.08. The molecule has 0 unspecified atom stereocenters. The maximum atomic E-state index is 13.1. The first-order valence-electron chi connectivity index (χ1n) is 11.8. The van der Waals surface area contributed by atoms with Crippen LogP contribution in [0.1, 0.15) is 22.8 Å². The fourth-order valence-electron chi connectivity index (χ4n) is 4.13. The van der Waals surface area contributed by atoms with Gasteiger partial charge < -0.3 is 20.5 Å². The second-order valence-electron chi connectivity index (χ2n) is 8.61. The summed E-state index contributed by atoms with van der Waals surface area (Å²) in [6.45, 7) is 5.41. The molecular weight excluding hydrogens is 478 g/mol. The molecule has 196 valence electrons. The smallest absolute Gasteiger partial charge is 0.320 e. The standard InChI is InChI=1S/C25H31N7O5/c1-15-21(17-12-19(22(26)33)24(36-4)27-13-17)30-32(18-8-6-5-7-9-18)23(15)29-25(34)28-20-14-31(10-11-35-3)37-16(20)2/h5-9,12-13,16,20H,10-11,14H2,1-4H3,(H2,26,33)(H2,28,29,34)/t16-,20+/m0/s1. The first-order chi connectivity index (χ1) is 17.8. The number of hydroxylamine groups is 2. The van der Waals surface area contributed by atoms with Gasteiger partial charge in [-0.1, -0.05) is 18.2 Å². The number of anilines is 1. The Bertz CT molecular complexity index is 1260. The summed E-state index contributed by atoms with van der Waals surface area (Å²) < 4.78 is 11.9. The second kappa shape index (κ2) is 11.4. The molecule has 37 heavy (non-hydrogen) atoms. The lowest BCUT2D eigenvalue weighted by molar-refractivity contribution is -0.146. The Kier molecular flexibility index (Phi) is 8.01. The molecule has 1 aliphatic heterocycles. The summed E-state index contributed by atoms with van der Waals surface area (Å²) in [6.07, 6.45) is 1.35. The third kappa shape index (κ3) is 5.71. The quantitative estimate of drug-likeness (QED) is 0.398. The number of benzene rings is 1. The van der Waals surface area contributed by atoms with E-state index in [0.29, 0.717) is 42.3 Å². The maximum absolute atomic E-state index is 13.1. The first-order valence-corrected chi connectivity index (χ1v) is 11.8. The highest BCUT2D eigenvalue weighted by atomic mass is 16.7. The van der Waals surface area contributed by atoms with Crippen molar-refractivity contribution in [3.05, 3.63) is 53.7 Å². The van der Waals surface area contributed by atoms with E-state index in [1.54, 1.807) is 29.1 Å². The molecule has 0 bridgehead atoms. The molecule has 0 saturated carbocycles. The van der Waals surface area contributed by atoms with E-state index in [-0.39, 0.29) is 23.6 Å². The molecule has 2 atom stereocenters. The van der Waals surface area contributed by atoms with E-state index in [0.717, 1.165) is 5.69 Å². The molecule has 1 aromatic carbocycles. The molecule has 2 aromatic heterocycles. The summed E-state index contributed by atoms with van der Waals surface area (Å²) >= 11 is 0. The van der Waals surface area contributed by atoms with Crippen LogP contribution in [0.4, 0.5) is 10.6 Å². The van der Waals surface area contributed by atoms with Crippen molar-refractivity contribution in [2.45, 2.75) is 26.0 Å². The number of pyridine rings is 1. The van der Waals surface area contributed by atoms with Crippen LogP contribution in [-0.4, -0.2) is 77.8 Å². The van der Waals surface area contributed by atoms with Gasteiger partial charge in [0.05, 0.1) is 37.2 Å². The Labute approximate surface area is 214 Å². The number of para-hydroxylation sites is 1. The molecule has 0 aliphatic carbocycles. The van der Waals surface area contributed by atoms with Crippen molar-refractivity contribution in [3.63, 3.8) is 0 Å². The van der Waals surface area contributed by atoms with Crippen molar-refractivity contribution in [1.29, 1.82) is 0 Å². The number of ether oxygens (including phenoxy) is 2. The predicted molar refractivity (Wildman–Crippen MR) is 137 cm³/mol. The fourth-order valence-corrected chi connectivity index (χ4v) is 4.13. The average molecular weight is 510 g/mol. The highest BCUT2D eigenvalue weighted by Crippen LogP contribution is 2.32. The van der Waals surface area contributed by atoms with Gasteiger partial charge in [0, 0.05) is 37.5 Å². The average Bonchev–Trinajstić information content (AvgIpc) is 3.41. The van der Waals surface area contributed by atoms with E-state index in [4.69, 9.17) is 25.1 Å². The Balaban J connectivity index is 1.64. The van der Waals surface area contributed by atoms with E-state index < -0.39 is 11.9 Å². The summed E-state index contributed by atoms with van der Waals surface area (Å²) in [6, 6.07) is 10.4. The van der Waals surface area contributed by atoms with E-state index in [1.165, 1.54) is 7.11 Å². The summed E-state index contributed by atoms with van der Waals surface area (Å²) in [7, 11) is 3.05. The number of carbonyl (C=O) groups is 2. The van der Waals surface area contributed by atoms with Crippen LogP contribution in [-0.2, 0) is 9.57 Å². The highest BCUT2D eigenvalue weighted by Gasteiger charge is 2.32. The Morgan fingerprint density at radius 3 is 2.68 bits per heavy atom. The topological polar surface area (TPSA) is 146 Å². The van der Waals surface area contributed by atoms with Crippen molar-refractivity contribution >= 4 is 17.8 Å². The number of hydrogen-bond acceptors (Lipinski definition) is 8. The molecule has 4 rings (SSSR count). The Morgan fingerprint density at radius 2 is 2.00 bits per heavy atom. The molecule has 1 saturated heterocycles. The summed E-state index contributed by atoms with van der Waals surface area (Å²) in [5.41, 5.74) is 8.16. The van der Waals surface area contributed by atoms with Gasteiger partial charge in [-0.2, -0.15) is 10.2 Å². The van der Waals surface area contributed by atoms with Gasteiger partial charge in [-0.05, 0) is 32.0 Å². The zero-order valence-electron chi connectivity index (χ0n) is 21.2. The SMILES string of the molecule is COCCN1C[C@@H](NC(=O)Nc2c(C)c(-c3cnc(OC)c(C(N)=O)c3)nn2-c2ccccc2)[C@H](C)O1. The van der Waals surface area contributed by atoms with Crippen LogP contribution in [0.5, 0.6) is 5.88 Å². The van der Waals surface area contributed by atoms with Crippen molar-refractivity contribution < 1.29 is 23.9 Å². The lowest BCUT2D eigenvalue weighted by Crippen LogP contribution is -2.44. The molecule has 3 aromatic rings. The molecule has 4 N–H and O–H groups in total. The molecule has 1 fully saturated rings. The van der Waals surface area contributed by atoms with Crippen molar-refractivity contribution in [2.24, 2.45) is 5.73 Å². The van der Waals surface area contributed by atoms with Crippen molar-refractivity contribution in [2.75, 3.05) is 39.2 Å². The van der Waals surface area contributed by atoms with Gasteiger partial charge in [0.25, 0.3) is 5.91 Å². The minimum atomic E-state index is -0.670. The summed E-state index contributed by atoms with van der Waals surface area (Å²) in [5.74, 6) is -0.0731. The Morgan fingerprint density at radius 1 is 1.24 bits per heavy atom. The molecule has 3 heterocycles. The van der Waals surface area contributed by atoms with Crippen LogP contribution in [0, 0.1) is 6.92 Å². The fraction of sp³-hybridized carbons (Fsp3) is 0.360. The zero-order valence-corrected chi connectivity index (χ0v) is 21.2. The van der Waals surface area contributed by atoms with Gasteiger partial charge in [0.1, 0.15) is 11.4 Å². The van der Waals surface area contributed by atoms with Crippen LogP contribution in [0.2, 0.25) is 0 Å². The molecular formula is C25H31N7O5. The summed E-state index contributed by atoms with van der Waals surface area (Å²) in [4.78, 5) is 35.1. The van der Waals surface area contributed by atoms with Crippen LogP contribution < -0.4 is 21.1 Å². The van der Waals surface area contributed by atoms with Crippen LogP contribution in [0.15, 0.2) is 42.6 Å². The van der Waals surface area contributed by atoms with E-state index in [9.17, 15) is 9.59 Å². The number of rotatable bonds is 9. The van der Waals surface area contributed by atoms with Crippen molar-refractivity contribution in [3.8, 4) is 22.8 Å². The molecule has 12 nitrogen and oxygen atoms in total. The molecule has 12 heteroatoms. The van der Waals surface area contributed by atoms with Gasteiger partial charge in [-0.3, -0.25) is 14.9 Å². The number of urea groups is 1. The van der Waals surface area contributed by atoms with E-state index in [1.807, 2.05) is 44.2 Å². The number of nitrogens with one attached hydrogen (secondary N) is 2. The number of amides is 3. The third-order valence-electron chi connectivity index (χ3n) is 6.08. The van der Waals surface area contributed by atoms with Crippen molar-refractivity contribution in [1.82, 2.24) is 25.1 Å². The monoisotopic (exact) mass is 509 g/mol. The van der Waals surface area contributed by atoms with E-state index in [2.05, 4.69) is 15.6 Å². The van der Waals surface area contributed by atoms with Gasteiger partial charge in [-0.25, -0.2) is 14.5 Å². The molecule has 0 radical (unpaired) electrons. The lowest BCUT2D eigenvalue weighted by Gasteiger charge is -2.16. The minimum absolute atomic E-state index is 0.126. The number of aromatic nitrogens is 3. The van der Waals surface area contributed by atoms with E-state index >= 15 is 0 Å². The summed E-state index contributed by atoms with van der Waals surface area (Å²) in [5, 5.41) is 12.5.